The van der Waals surface area contributed by atoms with Crippen LogP contribution < -0.4 is 9.47 Å². The molecular weight excluding hydrogens is 312 g/mol. The summed E-state index contributed by atoms with van der Waals surface area (Å²) < 4.78 is 11.5. The van der Waals surface area contributed by atoms with Crippen molar-refractivity contribution >= 4 is 11.9 Å². The predicted octanol–water partition coefficient (Wildman–Crippen LogP) is 3.59. The van der Waals surface area contributed by atoms with Crippen molar-refractivity contribution < 1.29 is 14.7 Å². The van der Waals surface area contributed by atoms with E-state index in [4.69, 9.17) is 9.47 Å². The first kappa shape index (κ1) is 17.6. The first-order chi connectivity index (χ1) is 11.2. The van der Waals surface area contributed by atoms with E-state index in [1.165, 1.54) is 11.9 Å². The predicted molar refractivity (Wildman–Crippen MR) is 92.4 cm³/mol. The summed E-state index contributed by atoms with van der Waals surface area (Å²) in [4.78, 5) is 0. The molecule has 2 aromatic rings. The van der Waals surface area contributed by atoms with Crippen molar-refractivity contribution in [3.63, 3.8) is 0 Å². The summed E-state index contributed by atoms with van der Waals surface area (Å²) in [6, 6.07) is 15.6. The first-order valence-electron chi connectivity index (χ1n) is 7.20. The van der Waals surface area contributed by atoms with E-state index in [0.29, 0.717) is 13.1 Å². The van der Waals surface area contributed by atoms with Crippen molar-refractivity contribution in [2.24, 2.45) is 0 Å². The molecule has 0 fully saturated rings. The van der Waals surface area contributed by atoms with Gasteiger partial charge in [-0.15, -0.1) is 0 Å². The minimum Gasteiger partial charge on any atom is -0.497 e. The Hall–Kier alpha value is -1.73. The van der Waals surface area contributed by atoms with Crippen LogP contribution >= 0.6 is 11.9 Å². The minimum atomic E-state index is 0.591. The van der Waals surface area contributed by atoms with E-state index in [1.54, 1.807) is 14.2 Å². The largest absolute Gasteiger partial charge is 0.497 e. The monoisotopic (exact) mass is 334 g/mol. The topological polar surface area (TPSA) is 45.2 Å². The normalized spacial score (nSPS) is 11.0. The van der Waals surface area contributed by atoms with Gasteiger partial charge in [0.15, 0.2) is 0 Å². The van der Waals surface area contributed by atoms with Gasteiger partial charge < -0.3 is 9.47 Å². The highest BCUT2D eigenvalue weighted by molar-refractivity contribution is 7.96. The summed E-state index contributed by atoms with van der Waals surface area (Å²) in [7, 11) is 3.29. The zero-order valence-corrected chi connectivity index (χ0v) is 14.4. The molecule has 0 saturated heterocycles. The summed E-state index contributed by atoms with van der Waals surface area (Å²) >= 11 is 1.25. The fraction of sp³-hybridized carbons (Fsp3) is 0.294. The first-order valence-corrected chi connectivity index (χ1v) is 8.38. The number of hydrogen-bond donors (Lipinski definition) is 1. The van der Waals surface area contributed by atoms with Crippen molar-refractivity contribution in [3.05, 3.63) is 59.7 Å². The molecule has 2 aromatic carbocycles. The molecule has 5 nitrogen and oxygen atoms in total. The number of hydrogen-bond acceptors (Lipinski definition) is 6. The Labute approximate surface area is 141 Å². The van der Waals surface area contributed by atoms with Gasteiger partial charge in [0.2, 0.25) is 0 Å². The molecule has 0 aliphatic rings. The van der Waals surface area contributed by atoms with Gasteiger partial charge in [-0.05, 0) is 47.3 Å². The van der Waals surface area contributed by atoms with Gasteiger partial charge in [0.05, 0.1) is 14.2 Å². The lowest BCUT2D eigenvalue weighted by Crippen LogP contribution is -2.34. The van der Waals surface area contributed by atoms with Crippen LogP contribution in [0.5, 0.6) is 11.5 Å². The standard InChI is InChI=1S/C17H22N2O3S/c1-21-16-8-4-14(5-9-16)12-18(19(20)23-3)13-15-6-10-17(22-2)11-7-15/h4-11,20H,12-13H2,1-3H3. The molecule has 0 aliphatic carbocycles. The van der Waals surface area contributed by atoms with E-state index < -0.39 is 0 Å². The highest BCUT2D eigenvalue weighted by atomic mass is 32.2. The Kier molecular flexibility index (Phi) is 6.73. The summed E-state index contributed by atoms with van der Waals surface area (Å²) in [5.41, 5.74) is 2.18. The highest BCUT2D eigenvalue weighted by Crippen LogP contribution is 2.19. The second-order valence-corrected chi connectivity index (χ2v) is 5.65. The van der Waals surface area contributed by atoms with Crippen molar-refractivity contribution in [3.8, 4) is 11.5 Å². The van der Waals surface area contributed by atoms with Crippen LogP contribution in [-0.4, -0.2) is 35.3 Å². The lowest BCUT2D eigenvalue weighted by Gasteiger charge is -2.28. The number of hydrazine groups is 1. The number of nitrogens with zero attached hydrogens (tertiary/aromatic N) is 2. The zero-order chi connectivity index (χ0) is 16.7. The maximum atomic E-state index is 10.1. The van der Waals surface area contributed by atoms with Crippen molar-refractivity contribution in [1.82, 2.24) is 9.59 Å². The summed E-state index contributed by atoms with van der Waals surface area (Å²) in [5.74, 6) is 1.64. The van der Waals surface area contributed by atoms with E-state index in [-0.39, 0.29) is 0 Å². The molecule has 0 radical (unpaired) electrons. The van der Waals surface area contributed by atoms with Gasteiger partial charge in [0.1, 0.15) is 11.5 Å². The van der Waals surface area contributed by atoms with Crippen LogP contribution in [0.25, 0.3) is 0 Å². The van der Waals surface area contributed by atoms with Crippen LogP contribution in [0.15, 0.2) is 48.5 Å². The Bertz CT molecular complexity index is 540. The average Bonchev–Trinajstić information content (AvgIpc) is 2.61. The van der Waals surface area contributed by atoms with Gasteiger partial charge >= 0.3 is 0 Å². The van der Waals surface area contributed by atoms with E-state index in [1.807, 2.05) is 59.8 Å². The maximum absolute atomic E-state index is 10.1. The van der Waals surface area contributed by atoms with E-state index >= 15 is 0 Å². The fourth-order valence-corrected chi connectivity index (χ4v) is 2.52. The molecule has 2 rings (SSSR count). The SMILES string of the molecule is COc1ccc(CN(Cc2ccc(OC)cc2)N(O)SC)cc1. The summed E-state index contributed by atoms with van der Waals surface area (Å²) in [6.07, 6.45) is 1.83. The molecule has 124 valence electrons. The lowest BCUT2D eigenvalue weighted by molar-refractivity contribution is -0.168. The molecule has 23 heavy (non-hydrogen) atoms. The molecule has 0 unspecified atom stereocenters. The Balaban J connectivity index is 2.08. The second kappa shape index (κ2) is 8.79. The third kappa shape index (κ3) is 5.14. The highest BCUT2D eigenvalue weighted by Gasteiger charge is 2.14. The molecule has 0 heterocycles. The van der Waals surface area contributed by atoms with Crippen molar-refractivity contribution in [2.45, 2.75) is 13.1 Å². The third-order valence-corrected chi connectivity index (χ3v) is 4.01. The van der Waals surface area contributed by atoms with Gasteiger partial charge in [-0.2, -0.15) is 5.01 Å². The Morgan fingerprint density at radius 1 is 0.826 bits per heavy atom. The molecular formula is C17H22N2O3S. The number of methoxy groups -OCH3 is 2. The third-order valence-electron chi connectivity index (χ3n) is 3.45. The maximum Gasteiger partial charge on any atom is 0.118 e. The fourth-order valence-electron chi connectivity index (χ4n) is 2.18. The van der Waals surface area contributed by atoms with Gasteiger partial charge in [0, 0.05) is 19.3 Å². The van der Waals surface area contributed by atoms with Gasteiger partial charge in [0.25, 0.3) is 0 Å². The average molecular weight is 334 g/mol. The van der Waals surface area contributed by atoms with E-state index in [0.717, 1.165) is 27.2 Å². The Morgan fingerprint density at radius 2 is 1.22 bits per heavy atom. The number of ether oxygens (including phenoxy) is 2. The van der Waals surface area contributed by atoms with Crippen LogP contribution in [0.2, 0.25) is 0 Å². The van der Waals surface area contributed by atoms with Gasteiger partial charge in [-0.25, -0.2) is 0 Å². The summed E-state index contributed by atoms with van der Waals surface area (Å²) in [6.45, 7) is 1.18. The van der Waals surface area contributed by atoms with Gasteiger partial charge in [-0.3, -0.25) is 5.21 Å². The minimum absolute atomic E-state index is 0.591. The molecule has 0 spiro atoms. The molecule has 0 aromatic heterocycles. The number of benzene rings is 2. The van der Waals surface area contributed by atoms with E-state index in [2.05, 4.69) is 0 Å². The van der Waals surface area contributed by atoms with Crippen LogP contribution in [-0.2, 0) is 13.1 Å². The van der Waals surface area contributed by atoms with E-state index in [9.17, 15) is 5.21 Å². The quantitative estimate of drug-likeness (QED) is 0.588. The number of rotatable bonds is 8. The Morgan fingerprint density at radius 3 is 1.52 bits per heavy atom. The van der Waals surface area contributed by atoms with Crippen LogP contribution in [0.3, 0.4) is 0 Å². The molecule has 1 N–H and O–H groups in total. The van der Waals surface area contributed by atoms with Crippen molar-refractivity contribution in [2.75, 3.05) is 20.5 Å². The van der Waals surface area contributed by atoms with Gasteiger partial charge in [-0.1, -0.05) is 28.8 Å². The van der Waals surface area contributed by atoms with Crippen LogP contribution in [0.1, 0.15) is 11.1 Å². The second-order valence-electron chi connectivity index (χ2n) is 4.95. The van der Waals surface area contributed by atoms with Crippen molar-refractivity contribution in [1.29, 1.82) is 0 Å². The molecule has 6 heteroatoms. The smallest absolute Gasteiger partial charge is 0.118 e. The lowest BCUT2D eigenvalue weighted by atomic mass is 10.2. The molecule has 0 saturated carbocycles. The molecule has 0 atom stereocenters. The molecule has 0 aliphatic heterocycles. The molecule has 0 amide bonds. The van der Waals surface area contributed by atoms with Crippen LogP contribution in [0.4, 0.5) is 0 Å². The van der Waals surface area contributed by atoms with Crippen LogP contribution in [0, 0.1) is 0 Å². The zero-order valence-electron chi connectivity index (χ0n) is 13.6. The molecule has 0 bridgehead atoms. The summed E-state index contributed by atoms with van der Waals surface area (Å²) in [5, 5.41) is 12.0.